The number of hydrogen-bond donors (Lipinski definition) is 2. The molecule has 110 valence electrons. The van der Waals surface area contributed by atoms with Crippen molar-refractivity contribution >= 4 is 28.3 Å². The molecule has 2 rings (SSSR count). The Labute approximate surface area is 122 Å². The van der Waals surface area contributed by atoms with Crippen LogP contribution in [0.3, 0.4) is 0 Å². The zero-order valence-electron chi connectivity index (χ0n) is 11.9. The third-order valence-electron chi connectivity index (χ3n) is 3.71. The Kier molecular flexibility index (Phi) is 4.65. The number of aryl methyl sites for hydroxylation is 1. The molecule has 1 aliphatic rings. The number of amides is 2. The highest BCUT2D eigenvalue weighted by Gasteiger charge is 2.22. The van der Waals surface area contributed by atoms with Crippen LogP contribution in [0.5, 0.6) is 0 Å². The normalized spacial score (nSPS) is 15.8. The van der Waals surface area contributed by atoms with E-state index in [1.54, 1.807) is 11.8 Å². The van der Waals surface area contributed by atoms with Crippen LogP contribution in [0.4, 0.5) is 9.80 Å². The Morgan fingerprint density at radius 3 is 2.30 bits per heavy atom. The first-order chi connectivity index (χ1) is 9.50. The number of nitrogens with zero attached hydrogens (tertiary/aromatic N) is 1. The van der Waals surface area contributed by atoms with E-state index in [2.05, 4.69) is 5.32 Å². The van der Waals surface area contributed by atoms with E-state index in [1.807, 2.05) is 6.92 Å². The van der Waals surface area contributed by atoms with Crippen LogP contribution in [0, 0.1) is 13.8 Å². The largest absolute Gasteiger partial charge is 0.478 e. The van der Waals surface area contributed by atoms with Gasteiger partial charge in [-0.15, -0.1) is 11.3 Å². The molecule has 1 fully saturated rings. The van der Waals surface area contributed by atoms with E-state index in [1.165, 1.54) is 11.3 Å². The van der Waals surface area contributed by atoms with E-state index in [-0.39, 0.29) is 11.6 Å². The summed E-state index contributed by atoms with van der Waals surface area (Å²) in [6, 6.07) is -0.185. The van der Waals surface area contributed by atoms with E-state index >= 15 is 0 Å². The summed E-state index contributed by atoms with van der Waals surface area (Å²) in [5.74, 6) is -0.988. The summed E-state index contributed by atoms with van der Waals surface area (Å²) in [6.45, 7) is 5.14. The van der Waals surface area contributed by atoms with Crippen molar-refractivity contribution in [3.05, 3.63) is 16.0 Å². The number of thiophene rings is 1. The van der Waals surface area contributed by atoms with Gasteiger partial charge in [-0.05, 0) is 32.3 Å². The molecule has 6 heteroatoms. The van der Waals surface area contributed by atoms with E-state index in [4.69, 9.17) is 0 Å². The lowest BCUT2D eigenvalue weighted by Gasteiger charge is -2.20. The van der Waals surface area contributed by atoms with E-state index in [9.17, 15) is 14.7 Å². The highest BCUT2D eigenvalue weighted by molar-refractivity contribution is 7.16. The Balaban J connectivity index is 2.15. The van der Waals surface area contributed by atoms with E-state index < -0.39 is 5.97 Å². The first-order valence-electron chi connectivity index (χ1n) is 6.90. The summed E-state index contributed by atoms with van der Waals surface area (Å²) in [4.78, 5) is 26.3. The second-order valence-electron chi connectivity index (χ2n) is 5.12. The predicted octanol–water partition coefficient (Wildman–Crippen LogP) is 3.47. The number of carboxylic acid groups (broad SMARTS) is 1. The fraction of sp³-hybridized carbons (Fsp3) is 0.571. The molecule has 0 radical (unpaired) electrons. The zero-order valence-corrected chi connectivity index (χ0v) is 12.7. The maximum Gasteiger partial charge on any atom is 0.338 e. The molecule has 1 saturated heterocycles. The lowest BCUT2D eigenvalue weighted by Crippen LogP contribution is -2.35. The van der Waals surface area contributed by atoms with Crippen molar-refractivity contribution in [2.45, 2.75) is 39.5 Å². The molecule has 0 atom stereocenters. The second kappa shape index (κ2) is 6.26. The van der Waals surface area contributed by atoms with Gasteiger partial charge in [0.2, 0.25) is 0 Å². The molecular formula is C14H20N2O3S. The predicted molar refractivity (Wildman–Crippen MR) is 79.8 cm³/mol. The number of nitrogens with one attached hydrogen (secondary N) is 1. The number of carbonyl (C=O) groups is 2. The van der Waals surface area contributed by atoms with Gasteiger partial charge in [-0.3, -0.25) is 5.32 Å². The molecule has 1 aromatic rings. The lowest BCUT2D eigenvalue weighted by atomic mass is 10.1. The van der Waals surface area contributed by atoms with E-state index in [0.29, 0.717) is 5.00 Å². The first-order valence-corrected chi connectivity index (χ1v) is 7.71. The van der Waals surface area contributed by atoms with Crippen molar-refractivity contribution in [1.82, 2.24) is 4.90 Å². The SMILES string of the molecule is Cc1sc(NC(=O)N2CCCCCC2)c(C(=O)O)c1C. The lowest BCUT2D eigenvalue weighted by molar-refractivity contribution is 0.0697. The minimum atomic E-state index is -0.988. The molecule has 1 aliphatic heterocycles. The smallest absolute Gasteiger partial charge is 0.338 e. The van der Waals surface area contributed by atoms with Crippen LogP contribution in [0.15, 0.2) is 0 Å². The van der Waals surface area contributed by atoms with Crippen LogP contribution in [-0.4, -0.2) is 35.1 Å². The molecule has 0 unspecified atom stereocenters. The Bertz CT molecular complexity index is 517. The van der Waals surface area contributed by atoms with Crippen LogP contribution in [0.25, 0.3) is 0 Å². The average Bonchev–Trinajstić information content (AvgIpc) is 2.61. The van der Waals surface area contributed by atoms with Crippen molar-refractivity contribution in [2.75, 3.05) is 18.4 Å². The van der Waals surface area contributed by atoms with Gasteiger partial charge in [0.05, 0.1) is 5.56 Å². The summed E-state index contributed by atoms with van der Waals surface area (Å²) < 4.78 is 0. The molecule has 5 nitrogen and oxygen atoms in total. The Hall–Kier alpha value is -1.56. The minimum Gasteiger partial charge on any atom is -0.478 e. The molecule has 0 spiro atoms. The first kappa shape index (κ1) is 14.8. The molecule has 1 aromatic heterocycles. The van der Waals surface area contributed by atoms with Gasteiger partial charge in [-0.1, -0.05) is 12.8 Å². The topological polar surface area (TPSA) is 69.6 Å². The van der Waals surface area contributed by atoms with Crippen LogP contribution in [-0.2, 0) is 0 Å². The highest BCUT2D eigenvalue weighted by atomic mass is 32.1. The number of urea groups is 1. The van der Waals surface area contributed by atoms with Gasteiger partial charge in [0.1, 0.15) is 5.00 Å². The van der Waals surface area contributed by atoms with Gasteiger partial charge < -0.3 is 10.0 Å². The van der Waals surface area contributed by atoms with Crippen molar-refractivity contribution in [1.29, 1.82) is 0 Å². The van der Waals surface area contributed by atoms with Crippen molar-refractivity contribution < 1.29 is 14.7 Å². The number of rotatable bonds is 2. The molecule has 0 bridgehead atoms. The number of carboxylic acids is 1. The average molecular weight is 296 g/mol. The summed E-state index contributed by atoms with van der Waals surface area (Å²) >= 11 is 1.33. The summed E-state index contributed by atoms with van der Waals surface area (Å²) in [5, 5.41) is 12.5. The summed E-state index contributed by atoms with van der Waals surface area (Å²) in [5.41, 5.74) is 0.948. The molecule has 0 aromatic carbocycles. The molecule has 0 aliphatic carbocycles. The minimum absolute atomic E-state index is 0.185. The van der Waals surface area contributed by atoms with Gasteiger partial charge >= 0.3 is 12.0 Å². The standard InChI is InChI=1S/C14H20N2O3S/c1-9-10(2)20-12(11(9)13(17)18)15-14(19)16-7-5-3-4-6-8-16/h3-8H2,1-2H3,(H,15,19)(H,17,18). The number of likely N-dealkylation sites (tertiary alicyclic amines) is 1. The molecule has 2 N–H and O–H groups in total. The maximum absolute atomic E-state index is 12.2. The monoisotopic (exact) mass is 296 g/mol. The van der Waals surface area contributed by atoms with Crippen molar-refractivity contribution in [2.24, 2.45) is 0 Å². The number of anilines is 1. The number of carbonyl (C=O) groups excluding carboxylic acids is 1. The third-order valence-corrected chi connectivity index (χ3v) is 4.84. The number of hydrogen-bond acceptors (Lipinski definition) is 3. The number of aromatic carboxylic acids is 1. The summed E-state index contributed by atoms with van der Waals surface area (Å²) in [7, 11) is 0. The van der Waals surface area contributed by atoms with Gasteiger partial charge in [-0.2, -0.15) is 0 Å². The second-order valence-corrected chi connectivity index (χ2v) is 6.35. The molecule has 2 heterocycles. The summed E-state index contributed by atoms with van der Waals surface area (Å²) in [6.07, 6.45) is 4.34. The molecular weight excluding hydrogens is 276 g/mol. The van der Waals surface area contributed by atoms with Gasteiger partial charge in [-0.25, -0.2) is 9.59 Å². The van der Waals surface area contributed by atoms with Gasteiger partial charge in [0.15, 0.2) is 0 Å². The van der Waals surface area contributed by atoms with Crippen LogP contribution >= 0.6 is 11.3 Å². The molecule has 0 saturated carbocycles. The highest BCUT2D eigenvalue weighted by Crippen LogP contribution is 2.32. The van der Waals surface area contributed by atoms with Gasteiger partial charge in [0.25, 0.3) is 0 Å². The van der Waals surface area contributed by atoms with Crippen LogP contribution < -0.4 is 5.32 Å². The molecule has 20 heavy (non-hydrogen) atoms. The molecule has 2 amide bonds. The fourth-order valence-corrected chi connectivity index (χ4v) is 3.46. The van der Waals surface area contributed by atoms with Crippen molar-refractivity contribution in [3.8, 4) is 0 Å². The Morgan fingerprint density at radius 1 is 1.15 bits per heavy atom. The van der Waals surface area contributed by atoms with Gasteiger partial charge in [0, 0.05) is 18.0 Å². The Morgan fingerprint density at radius 2 is 1.75 bits per heavy atom. The van der Waals surface area contributed by atoms with Crippen LogP contribution in [0.2, 0.25) is 0 Å². The van der Waals surface area contributed by atoms with E-state index in [0.717, 1.165) is 49.2 Å². The van der Waals surface area contributed by atoms with Crippen LogP contribution in [0.1, 0.15) is 46.5 Å². The quantitative estimate of drug-likeness (QED) is 0.878. The third kappa shape index (κ3) is 3.12. The fourth-order valence-electron chi connectivity index (χ4n) is 2.42. The maximum atomic E-state index is 12.2. The van der Waals surface area contributed by atoms with Crippen molar-refractivity contribution in [3.63, 3.8) is 0 Å². The zero-order chi connectivity index (χ0) is 14.7.